The summed E-state index contributed by atoms with van der Waals surface area (Å²) in [5.41, 5.74) is 0.562. The molecule has 0 spiro atoms. The third kappa shape index (κ3) is 3.53. The molecule has 1 aliphatic heterocycles. The van der Waals surface area contributed by atoms with Crippen LogP contribution in [0, 0.1) is 5.41 Å². The molecule has 0 unspecified atom stereocenters. The van der Waals surface area contributed by atoms with E-state index in [1.807, 2.05) is 20.8 Å². The highest BCUT2D eigenvalue weighted by atomic mass is 32.2. The number of amides is 2. The van der Waals surface area contributed by atoms with Crippen LogP contribution >= 0.6 is 11.8 Å². The highest BCUT2D eigenvalue weighted by Gasteiger charge is 2.36. The van der Waals surface area contributed by atoms with Crippen LogP contribution in [-0.4, -0.2) is 49.0 Å². The number of thioether (sulfide) groups is 1. The summed E-state index contributed by atoms with van der Waals surface area (Å²) in [4.78, 5) is 31.0. The number of aromatic nitrogens is 3. The van der Waals surface area contributed by atoms with Crippen LogP contribution in [0.2, 0.25) is 0 Å². The van der Waals surface area contributed by atoms with Gasteiger partial charge in [-0.15, -0.1) is 11.8 Å². The molecular weight excluding hydrogens is 326 g/mol. The fraction of sp³-hybridized carbons (Fsp3) is 0.500. The first-order chi connectivity index (χ1) is 11.3. The highest BCUT2D eigenvalue weighted by Crippen LogP contribution is 2.27. The Balaban J connectivity index is 1.74. The Kier molecular flexibility index (Phi) is 4.49. The molecule has 128 valence electrons. The molecule has 1 N–H and O–H groups in total. The van der Waals surface area contributed by atoms with E-state index in [1.165, 1.54) is 0 Å². The van der Waals surface area contributed by atoms with Gasteiger partial charge in [-0.1, -0.05) is 20.8 Å². The summed E-state index contributed by atoms with van der Waals surface area (Å²) in [6, 6.07) is 3.00. The molecule has 1 aliphatic rings. The van der Waals surface area contributed by atoms with Crippen molar-refractivity contribution in [1.82, 2.24) is 19.5 Å². The van der Waals surface area contributed by atoms with Crippen LogP contribution in [-0.2, 0) is 9.59 Å². The van der Waals surface area contributed by atoms with Gasteiger partial charge in [0, 0.05) is 24.4 Å². The van der Waals surface area contributed by atoms with E-state index >= 15 is 0 Å². The normalized spacial score (nSPS) is 18.1. The first-order valence-electron chi connectivity index (χ1n) is 7.82. The summed E-state index contributed by atoms with van der Waals surface area (Å²) < 4.78 is 1.57. The minimum atomic E-state index is -0.455. The zero-order chi connectivity index (χ0) is 17.3. The minimum absolute atomic E-state index is 0.0200. The summed E-state index contributed by atoms with van der Waals surface area (Å²) in [5, 5.41) is 7.03. The van der Waals surface area contributed by atoms with Gasteiger partial charge in [0.1, 0.15) is 11.9 Å². The van der Waals surface area contributed by atoms with Crippen LogP contribution < -0.4 is 5.32 Å². The molecule has 2 aromatic rings. The lowest BCUT2D eigenvalue weighted by molar-refractivity contribution is -0.137. The van der Waals surface area contributed by atoms with Crippen molar-refractivity contribution in [1.29, 1.82) is 0 Å². The van der Waals surface area contributed by atoms with Gasteiger partial charge in [0.05, 0.1) is 12.1 Å². The maximum Gasteiger partial charge on any atom is 0.249 e. The number of nitrogens with one attached hydrogen (secondary N) is 1. The number of carbonyl (C=O) groups is 2. The van der Waals surface area contributed by atoms with E-state index in [0.717, 1.165) is 0 Å². The van der Waals surface area contributed by atoms with Gasteiger partial charge in [-0.3, -0.25) is 9.59 Å². The average molecular weight is 347 g/mol. The zero-order valence-corrected chi connectivity index (χ0v) is 14.8. The second-order valence-corrected chi connectivity index (χ2v) is 8.04. The smallest absolute Gasteiger partial charge is 0.249 e. The van der Waals surface area contributed by atoms with Crippen molar-refractivity contribution in [3.8, 4) is 0 Å². The maximum absolute atomic E-state index is 12.7. The molecule has 0 radical (unpaired) electrons. The monoisotopic (exact) mass is 347 g/mol. The van der Waals surface area contributed by atoms with Crippen LogP contribution in [0.5, 0.6) is 0 Å². The third-order valence-electron chi connectivity index (χ3n) is 3.73. The van der Waals surface area contributed by atoms with Crippen molar-refractivity contribution in [3.63, 3.8) is 0 Å². The van der Waals surface area contributed by atoms with Gasteiger partial charge in [0.2, 0.25) is 11.8 Å². The topological polar surface area (TPSA) is 79.6 Å². The number of hydrogen-bond donors (Lipinski definition) is 1. The number of rotatable bonds is 3. The van der Waals surface area contributed by atoms with Gasteiger partial charge < -0.3 is 10.2 Å². The summed E-state index contributed by atoms with van der Waals surface area (Å²) >= 11 is 1.60. The van der Waals surface area contributed by atoms with Crippen molar-refractivity contribution in [2.45, 2.75) is 33.2 Å². The molecule has 2 amide bonds. The third-order valence-corrected chi connectivity index (χ3v) is 4.74. The predicted molar refractivity (Wildman–Crippen MR) is 93.6 cm³/mol. The summed E-state index contributed by atoms with van der Waals surface area (Å²) in [6.07, 6.45) is 3.68. The second kappa shape index (κ2) is 6.43. The lowest BCUT2D eigenvalue weighted by atomic mass is 9.91. The molecular formula is C16H21N5O2S. The van der Waals surface area contributed by atoms with Crippen LogP contribution in [0.3, 0.4) is 0 Å². The molecule has 3 rings (SSSR count). The summed E-state index contributed by atoms with van der Waals surface area (Å²) in [5.74, 6) is 1.54. The second-order valence-electron chi connectivity index (χ2n) is 7.04. The number of fused-ring (bicyclic) bond motifs is 1. The van der Waals surface area contributed by atoms with Gasteiger partial charge in [0.25, 0.3) is 0 Å². The van der Waals surface area contributed by atoms with Crippen molar-refractivity contribution < 1.29 is 9.59 Å². The average Bonchev–Trinajstić information content (AvgIpc) is 3.15. The Bertz CT molecular complexity index is 767. The van der Waals surface area contributed by atoms with Crippen LogP contribution in [0.4, 0.5) is 5.82 Å². The zero-order valence-electron chi connectivity index (χ0n) is 14.0. The van der Waals surface area contributed by atoms with Gasteiger partial charge in [-0.2, -0.15) is 9.61 Å². The fourth-order valence-electron chi connectivity index (χ4n) is 2.60. The largest absolute Gasteiger partial charge is 0.321 e. The molecule has 24 heavy (non-hydrogen) atoms. The van der Waals surface area contributed by atoms with E-state index in [-0.39, 0.29) is 17.2 Å². The summed E-state index contributed by atoms with van der Waals surface area (Å²) in [6.45, 7) is 6.07. The Morgan fingerprint density at radius 2 is 2.12 bits per heavy atom. The summed E-state index contributed by atoms with van der Waals surface area (Å²) in [7, 11) is 0. The van der Waals surface area contributed by atoms with E-state index < -0.39 is 6.04 Å². The van der Waals surface area contributed by atoms with Gasteiger partial charge in [-0.05, 0) is 11.5 Å². The van der Waals surface area contributed by atoms with Crippen LogP contribution in [0.15, 0.2) is 24.5 Å². The Morgan fingerprint density at radius 1 is 1.33 bits per heavy atom. The van der Waals surface area contributed by atoms with E-state index in [2.05, 4.69) is 15.4 Å². The lowest BCUT2D eigenvalue weighted by Crippen LogP contribution is -2.45. The van der Waals surface area contributed by atoms with Gasteiger partial charge in [0.15, 0.2) is 5.65 Å². The van der Waals surface area contributed by atoms with Crippen molar-refractivity contribution >= 4 is 35.0 Å². The quantitative estimate of drug-likeness (QED) is 0.919. The molecule has 0 bridgehead atoms. The Morgan fingerprint density at radius 3 is 2.88 bits per heavy atom. The number of hydrogen-bond acceptors (Lipinski definition) is 5. The molecule has 2 aromatic heterocycles. The first kappa shape index (κ1) is 16.8. The SMILES string of the molecule is CC(C)(C)CC(=O)N1CSC[C@H]1C(=O)Nc1ccnc2ccnn12. The molecule has 1 fully saturated rings. The van der Waals surface area contributed by atoms with E-state index in [1.54, 1.807) is 45.7 Å². The molecule has 8 heteroatoms. The molecule has 0 saturated carbocycles. The van der Waals surface area contributed by atoms with Crippen molar-refractivity contribution in [2.75, 3.05) is 16.9 Å². The van der Waals surface area contributed by atoms with Crippen molar-refractivity contribution in [2.24, 2.45) is 5.41 Å². The van der Waals surface area contributed by atoms with E-state index in [9.17, 15) is 9.59 Å². The van der Waals surface area contributed by atoms with Gasteiger partial charge >= 0.3 is 0 Å². The standard InChI is InChI=1S/C16H21N5O2S/c1-16(2,3)8-14(22)20-10-24-9-11(20)15(23)19-13-4-6-17-12-5-7-18-21(12)13/h4-7,11H,8-10H2,1-3H3,(H,19,23)/t11-/m0/s1. The number of anilines is 1. The number of carbonyl (C=O) groups excluding carboxylic acids is 2. The van der Waals surface area contributed by atoms with E-state index in [0.29, 0.717) is 29.5 Å². The molecule has 1 saturated heterocycles. The van der Waals surface area contributed by atoms with Crippen LogP contribution in [0.1, 0.15) is 27.2 Å². The predicted octanol–water partition coefficient (Wildman–Crippen LogP) is 2.01. The molecule has 0 aliphatic carbocycles. The number of nitrogens with zero attached hydrogens (tertiary/aromatic N) is 4. The highest BCUT2D eigenvalue weighted by molar-refractivity contribution is 7.99. The van der Waals surface area contributed by atoms with E-state index in [4.69, 9.17) is 0 Å². The fourth-order valence-corrected chi connectivity index (χ4v) is 3.78. The maximum atomic E-state index is 12.7. The lowest BCUT2D eigenvalue weighted by Gasteiger charge is -2.26. The Hall–Kier alpha value is -2.09. The molecule has 0 aromatic carbocycles. The minimum Gasteiger partial charge on any atom is -0.321 e. The Labute approximate surface area is 144 Å². The van der Waals surface area contributed by atoms with Gasteiger partial charge in [-0.25, -0.2) is 4.98 Å². The molecule has 3 heterocycles. The van der Waals surface area contributed by atoms with Crippen molar-refractivity contribution in [3.05, 3.63) is 24.5 Å². The van der Waals surface area contributed by atoms with Crippen LogP contribution in [0.25, 0.3) is 5.65 Å². The first-order valence-corrected chi connectivity index (χ1v) is 8.97. The molecule has 7 nitrogen and oxygen atoms in total. The molecule has 1 atom stereocenters.